The molecule has 18 heavy (non-hydrogen) atoms. The first-order chi connectivity index (χ1) is 8.38. The predicted molar refractivity (Wildman–Crippen MR) is 56.8 cm³/mol. The maximum atomic E-state index is 12.7. The van der Waals surface area contributed by atoms with Crippen molar-refractivity contribution in [3.63, 3.8) is 0 Å². The smallest absolute Gasteiger partial charge is 0.366 e. The van der Waals surface area contributed by atoms with E-state index >= 15 is 0 Å². The van der Waals surface area contributed by atoms with Crippen LogP contribution in [-0.2, 0) is 4.74 Å². The van der Waals surface area contributed by atoms with Gasteiger partial charge < -0.3 is 14.9 Å². The van der Waals surface area contributed by atoms with Crippen LogP contribution in [0.2, 0.25) is 5.15 Å². The lowest BCUT2D eigenvalue weighted by molar-refractivity contribution is -0.389. The molecule has 0 aliphatic rings. The summed E-state index contributed by atoms with van der Waals surface area (Å²) >= 11 is 5.41. The Bertz CT molecular complexity index is 496. The number of ether oxygens (including phenoxy) is 1. The quantitative estimate of drug-likeness (QED) is 0.366. The van der Waals surface area contributed by atoms with E-state index in [1.54, 1.807) is 0 Å². The van der Waals surface area contributed by atoms with Gasteiger partial charge in [-0.2, -0.15) is 0 Å². The number of alkyl halides is 2. The molecule has 1 aromatic heterocycles. The second-order valence-electron chi connectivity index (χ2n) is 3.01. The first kappa shape index (κ1) is 14.2. The molecule has 0 radical (unpaired) electrons. The molecule has 0 fully saturated rings. The minimum Gasteiger partial charge on any atom is -0.462 e. The Labute approximate surface area is 105 Å². The van der Waals surface area contributed by atoms with Gasteiger partial charge in [-0.25, -0.2) is 13.6 Å². The van der Waals surface area contributed by atoms with E-state index in [0.29, 0.717) is 6.07 Å². The number of hydrogen-bond donors (Lipinski definition) is 0. The number of hydrogen-bond acceptors (Lipinski definition) is 5. The molecule has 0 aliphatic heterocycles. The topological polar surface area (TPSA) is 82.3 Å². The summed E-state index contributed by atoms with van der Waals surface area (Å²) in [6.07, 6.45) is -3.09. The number of nitrogens with zero attached hydrogens (tertiary/aromatic N) is 2. The zero-order valence-corrected chi connectivity index (χ0v) is 9.78. The van der Waals surface area contributed by atoms with Gasteiger partial charge in [-0.3, -0.25) is 0 Å². The van der Waals surface area contributed by atoms with Crippen LogP contribution in [0.3, 0.4) is 0 Å². The molecule has 1 rings (SSSR count). The fourth-order valence-electron chi connectivity index (χ4n) is 1.19. The highest BCUT2D eigenvalue weighted by Crippen LogP contribution is 2.31. The first-order valence-electron chi connectivity index (χ1n) is 4.68. The Balaban J connectivity index is 3.42. The third-order valence-corrected chi connectivity index (χ3v) is 2.19. The third-order valence-electron chi connectivity index (χ3n) is 1.90. The highest BCUT2D eigenvalue weighted by atomic mass is 35.5. The fraction of sp³-hybridized carbons (Fsp3) is 0.333. The van der Waals surface area contributed by atoms with Crippen LogP contribution >= 0.6 is 11.6 Å². The molecule has 98 valence electrons. The molecular weight excluding hydrogens is 274 g/mol. The van der Waals surface area contributed by atoms with Crippen molar-refractivity contribution in [1.29, 1.82) is 0 Å². The number of rotatable bonds is 4. The number of esters is 1. The number of carbonyl (C=O) groups is 1. The van der Waals surface area contributed by atoms with Crippen LogP contribution in [0.5, 0.6) is 0 Å². The van der Waals surface area contributed by atoms with Gasteiger partial charge in [0.25, 0.3) is 11.6 Å². The molecule has 1 aromatic rings. The molecule has 0 bridgehead atoms. The summed E-state index contributed by atoms with van der Waals surface area (Å²) in [6, 6.07) is 0.616. The van der Waals surface area contributed by atoms with Gasteiger partial charge in [0.2, 0.25) is 0 Å². The van der Waals surface area contributed by atoms with Crippen LogP contribution in [0.25, 0.3) is 0 Å². The van der Waals surface area contributed by atoms with Gasteiger partial charge in [0.15, 0.2) is 0 Å². The zero-order valence-electron chi connectivity index (χ0n) is 9.02. The van der Waals surface area contributed by atoms with E-state index in [1.165, 1.54) is 6.92 Å². The Morgan fingerprint density at radius 2 is 2.28 bits per heavy atom. The van der Waals surface area contributed by atoms with E-state index in [9.17, 15) is 23.7 Å². The van der Waals surface area contributed by atoms with Crippen LogP contribution in [0.4, 0.5) is 14.6 Å². The van der Waals surface area contributed by atoms with Gasteiger partial charge in [0.1, 0.15) is 0 Å². The Hall–Kier alpha value is -1.83. The van der Waals surface area contributed by atoms with Crippen LogP contribution in [0.15, 0.2) is 6.07 Å². The summed E-state index contributed by atoms with van der Waals surface area (Å²) in [5, 5.41) is 9.72. The van der Waals surface area contributed by atoms with Crippen molar-refractivity contribution in [2.75, 3.05) is 6.61 Å². The average Bonchev–Trinajstić information content (AvgIpc) is 2.27. The van der Waals surface area contributed by atoms with Gasteiger partial charge >= 0.3 is 11.8 Å². The van der Waals surface area contributed by atoms with Gasteiger partial charge in [-0.05, 0) is 28.4 Å². The highest BCUT2D eigenvalue weighted by Gasteiger charge is 2.29. The standard InChI is InChI=1S/C9H7ClF2N2O4/c1-2-18-9(15)4-3-5(14(16)17)13-7(10)6(4)8(11)12/h3,8H,2H2,1H3. The zero-order chi connectivity index (χ0) is 13.9. The predicted octanol–water partition coefficient (Wildman–Crippen LogP) is 2.76. The normalized spacial score (nSPS) is 10.5. The number of aromatic nitrogens is 1. The van der Waals surface area contributed by atoms with Gasteiger partial charge in [0, 0.05) is 0 Å². The molecule has 0 saturated heterocycles. The van der Waals surface area contributed by atoms with Gasteiger partial charge in [-0.1, -0.05) is 0 Å². The molecule has 0 N–H and O–H groups in total. The highest BCUT2D eigenvalue weighted by molar-refractivity contribution is 6.30. The minimum atomic E-state index is -3.09. The van der Waals surface area contributed by atoms with Crippen LogP contribution in [0, 0.1) is 10.1 Å². The largest absolute Gasteiger partial charge is 0.462 e. The number of halogens is 3. The molecule has 0 amide bonds. The Morgan fingerprint density at radius 1 is 1.67 bits per heavy atom. The Morgan fingerprint density at radius 3 is 2.72 bits per heavy atom. The van der Waals surface area contributed by atoms with Crippen molar-refractivity contribution in [2.45, 2.75) is 13.3 Å². The molecule has 0 atom stereocenters. The van der Waals surface area contributed by atoms with Crippen LogP contribution in [-0.4, -0.2) is 22.5 Å². The number of pyridine rings is 1. The first-order valence-corrected chi connectivity index (χ1v) is 5.06. The lowest BCUT2D eigenvalue weighted by Crippen LogP contribution is -2.11. The molecule has 1 heterocycles. The molecule has 6 nitrogen and oxygen atoms in total. The summed E-state index contributed by atoms with van der Waals surface area (Å²) < 4.78 is 30.0. The lowest BCUT2D eigenvalue weighted by Gasteiger charge is -2.07. The molecule has 0 aromatic carbocycles. The van der Waals surface area contributed by atoms with Crippen molar-refractivity contribution < 1.29 is 23.2 Å². The summed E-state index contributed by atoms with van der Waals surface area (Å²) in [5.74, 6) is -1.91. The van der Waals surface area contributed by atoms with E-state index in [2.05, 4.69) is 9.72 Å². The van der Waals surface area contributed by atoms with Crippen molar-refractivity contribution in [1.82, 2.24) is 4.98 Å². The third kappa shape index (κ3) is 2.89. The van der Waals surface area contributed by atoms with E-state index in [0.717, 1.165) is 0 Å². The summed E-state index contributed by atoms with van der Waals surface area (Å²) in [6.45, 7) is 1.41. The maximum Gasteiger partial charge on any atom is 0.366 e. The molecule has 0 saturated carbocycles. The fourth-order valence-corrected chi connectivity index (χ4v) is 1.46. The molecule has 9 heteroatoms. The second kappa shape index (κ2) is 5.67. The number of nitro groups is 1. The SMILES string of the molecule is CCOC(=O)c1cc([N+](=O)[O-])nc(Cl)c1C(F)F. The lowest BCUT2D eigenvalue weighted by atomic mass is 10.1. The van der Waals surface area contributed by atoms with E-state index < -0.39 is 39.4 Å². The summed E-state index contributed by atoms with van der Waals surface area (Å²) in [4.78, 5) is 24.2. The molecule has 0 unspecified atom stereocenters. The van der Waals surface area contributed by atoms with Crippen LogP contribution < -0.4 is 0 Å². The van der Waals surface area contributed by atoms with E-state index in [-0.39, 0.29) is 6.61 Å². The van der Waals surface area contributed by atoms with Gasteiger partial charge in [0.05, 0.1) is 23.8 Å². The molecule has 0 aliphatic carbocycles. The average molecular weight is 281 g/mol. The van der Waals surface area contributed by atoms with Crippen molar-refractivity contribution in [2.24, 2.45) is 0 Å². The summed E-state index contributed by atoms with van der Waals surface area (Å²) in [7, 11) is 0. The second-order valence-corrected chi connectivity index (χ2v) is 3.37. The van der Waals surface area contributed by atoms with E-state index in [4.69, 9.17) is 11.6 Å². The summed E-state index contributed by atoms with van der Waals surface area (Å²) in [5.41, 5.74) is -1.53. The Kier molecular flexibility index (Phi) is 4.49. The van der Waals surface area contributed by atoms with Crippen LogP contribution in [0.1, 0.15) is 29.3 Å². The van der Waals surface area contributed by atoms with E-state index in [1.807, 2.05) is 0 Å². The molecular formula is C9H7ClF2N2O4. The maximum absolute atomic E-state index is 12.7. The van der Waals surface area contributed by atoms with Crippen molar-refractivity contribution >= 4 is 23.4 Å². The van der Waals surface area contributed by atoms with Crippen molar-refractivity contribution in [3.8, 4) is 0 Å². The monoisotopic (exact) mass is 280 g/mol. The van der Waals surface area contributed by atoms with Gasteiger partial charge in [-0.15, -0.1) is 0 Å². The molecule has 0 spiro atoms. The van der Waals surface area contributed by atoms with Crippen molar-refractivity contribution in [3.05, 3.63) is 32.5 Å². The minimum absolute atomic E-state index is 0.0603. The number of carbonyl (C=O) groups excluding carboxylic acids is 1.